The smallest absolute Gasteiger partial charge is 0.159 e. The monoisotopic (exact) mass is 370 g/mol. The number of benzene rings is 2. The molecule has 0 aromatic heterocycles. The molecule has 26 heavy (non-hydrogen) atoms. The van der Waals surface area contributed by atoms with Crippen LogP contribution in [0.1, 0.15) is 49.1 Å². The summed E-state index contributed by atoms with van der Waals surface area (Å²) in [5.41, 5.74) is 3.94. The van der Waals surface area contributed by atoms with Crippen LogP contribution < -0.4 is 15.4 Å². The van der Waals surface area contributed by atoms with Gasteiger partial charge in [0.15, 0.2) is 6.73 Å². The molecule has 1 saturated carbocycles. The molecule has 1 aliphatic heterocycles. The first kappa shape index (κ1) is 17.7. The highest BCUT2D eigenvalue weighted by molar-refractivity contribution is 6.30. The summed E-state index contributed by atoms with van der Waals surface area (Å²) in [6.07, 6.45) is 7.35. The van der Waals surface area contributed by atoms with Gasteiger partial charge in [-0.15, -0.1) is 0 Å². The number of hydrogen-bond acceptors (Lipinski definition) is 3. The lowest BCUT2D eigenvalue weighted by Gasteiger charge is -2.29. The Morgan fingerprint density at radius 3 is 2.65 bits per heavy atom. The van der Waals surface area contributed by atoms with E-state index >= 15 is 0 Å². The van der Waals surface area contributed by atoms with Crippen LogP contribution in [0, 0.1) is 0 Å². The molecule has 2 aromatic carbocycles. The second kappa shape index (κ2) is 8.32. The molecule has 0 radical (unpaired) electrons. The van der Waals surface area contributed by atoms with Crippen molar-refractivity contribution in [1.82, 2.24) is 5.32 Å². The number of nitrogens with one attached hydrogen (secondary N) is 2. The fourth-order valence-corrected chi connectivity index (χ4v) is 4.26. The number of aryl methyl sites for hydroxylation is 1. The maximum atomic E-state index is 5.94. The van der Waals surface area contributed by atoms with Gasteiger partial charge in [-0.3, -0.25) is 0 Å². The Hall–Kier alpha value is -1.71. The average Bonchev–Trinajstić information content (AvgIpc) is 3.15. The topological polar surface area (TPSA) is 33.3 Å². The van der Waals surface area contributed by atoms with Crippen LogP contribution in [0.2, 0.25) is 5.02 Å². The molecule has 0 unspecified atom stereocenters. The maximum Gasteiger partial charge on any atom is 0.159 e. The summed E-state index contributed by atoms with van der Waals surface area (Å²) in [5.74, 6) is 1.70. The van der Waals surface area contributed by atoms with Crippen LogP contribution in [-0.2, 0) is 6.42 Å². The van der Waals surface area contributed by atoms with Gasteiger partial charge in [0.25, 0.3) is 0 Å². The van der Waals surface area contributed by atoms with E-state index in [0.29, 0.717) is 18.7 Å². The molecule has 1 fully saturated rings. The van der Waals surface area contributed by atoms with Gasteiger partial charge in [0.05, 0.1) is 5.69 Å². The predicted octanol–water partition coefficient (Wildman–Crippen LogP) is 5.35. The molecule has 1 heterocycles. The van der Waals surface area contributed by atoms with Gasteiger partial charge in [-0.05, 0) is 86.4 Å². The highest BCUT2D eigenvalue weighted by atomic mass is 35.5. The Kier molecular flexibility index (Phi) is 5.66. The van der Waals surface area contributed by atoms with Crippen molar-refractivity contribution in [3.63, 3.8) is 0 Å². The van der Waals surface area contributed by atoms with Crippen molar-refractivity contribution in [3.05, 3.63) is 58.6 Å². The fraction of sp³-hybridized carbons (Fsp3) is 0.455. The molecule has 0 spiro atoms. The average molecular weight is 371 g/mol. The van der Waals surface area contributed by atoms with Crippen molar-refractivity contribution in [2.75, 3.05) is 18.6 Å². The number of fused-ring (bicyclic) bond motifs is 1. The Labute approximate surface area is 161 Å². The van der Waals surface area contributed by atoms with E-state index in [-0.39, 0.29) is 0 Å². The van der Waals surface area contributed by atoms with Crippen molar-refractivity contribution >= 4 is 17.3 Å². The van der Waals surface area contributed by atoms with Gasteiger partial charge in [-0.2, -0.15) is 0 Å². The van der Waals surface area contributed by atoms with Gasteiger partial charge in [0, 0.05) is 11.1 Å². The second-order valence-corrected chi connectivity index (χ2v) is 7.89. The van der Waals surface area contributed by atoms with E-state index in [0.717, 1.165) is 29.4 Å². The minimum absolute atomic E-state index is 0.603. The number of halogens is 1. The third kappa shape index (κ3) is 4.33. The maximum absolute atomic E-state index is 5.94. The van der Waals surface area contributed by atoms with Crippen LogP contribution in [-0.4, -0.2) is 19.3 Å². The van der Waals surface area contributed by atoms with Gasteiger partial charge in [0.2, 0.25) is 0 Å². The minimum Gasteiger partial charge on any atom is -0.471 e. The Morgan fingerprint density at radius 1 is 1.04 bits per heavy atom. The number of anilines is 1. The lowest BCUT2D eigenvalue weighted by atomic mass is 9.81. The fourth-order valence-electron chi connectivity index (χ4n) is 4.13. The molecule has 2 aromatic rings. The van der Waals surface area contributed by atoms with Crippen molar-refractivity contribution < 1.29 is 4.74 Å². The van der Waals surface area contributed by atoms with Crippen LogP contribution >= 0.6 is 11.6 Å². The molecule has 4 rings (SSSR count). The molecule has 2 aliphatic rings. The normalized spacial score (nSPS) is 21.7. The molecule has 0 amide bonds. The number of ether oxygens (including phenoxy) is 1. The summed E-state index contributed by atoms with van der Waals surface area (Å²) in [6, 6.07) is 15.6. The van der Waals surface area contributed by atoms with E-state index in [2.05, 4.69) is 41.0 Å². The van der Waals surface area contributed by atoms with Gasteiger partial charge in [-0.1, -0.05) is 29.8 Å². The Bertz CT molecular complexity index is 723. The minimum atomic E-state index is 0.603. The van der Waals surface area contributed by atoms with Crippen molar-refractivity contribution in [1.29, 1.82) is 0 Å². The largest absolute Gasteiger partial charge is 0.471 e. The van der Waals surface area contributed by atoms with Gasteiger partial charge >= 0.3 is 0 Å². The molecule has 0 bridgehead atoms. The zero-order chi connectivity index (χ0) is 17.8. The van der Waals surface area contributed by atoms with Crippen LogP contribution in [0.25, 0.3) is 0 Å². The summed E-state index contributed by atoms with van der Waals surface area (Å²) in [4.78, 5) is 0. The zero-order valence-electron chi connectivity index (χ0n) is 15.1. The van der Waals surface area contributed by atoms with Gasteiger partial charge in [-0.25, -0.2) is 0 Å². The number of rotatable bonds is 6. The van der Waals surface area contributed by atoms with Crippen molar-refractivity contribution in [3.8, 4) is 5.75 Å². The first-order chi connectivity index (χ1) is 12.8. The Balaban J connectivity index is 1.18. The van der Waals surface area contributed by atoms with Crippen molar-refractivity contribution in [2.45, 2.75) is 50.5 Å². The summed E-state index contributed by atoms with van der Waals surface area (Å²) in [6.45, 7) is 1.70. The van der Waals surface area contributed by atoms with E-state index in [9.17, 15) is 0 Å². The molecule has 0 saturated heterocycles. The van der Waals surface area contributed by atoms with E-state index in [1.165, 1.54) is 43.2 Å². The van der Waals surface area contributed by atoms with Crippen LogP contribution in [0.4, 0.5) is 5.69 Å². The van der Waals surface area contributed by atoms with Crippen molar-refractivity contribution in [2.24, 2.45) is 0 Å². The molecule has 3 nitrogen and oxygen atoms in total. The second-order valence-electron chi connectivity index (χ2n) is 7.45. The zero-order valence-corrected chi connectivity index (χ0v) is 15.9. The highest BCUT2D eigenvalue weighted by Gasteiger charge is 2.23. The number of hydrogen-bond donors (Lipinski definition) is 2. The lowest BCUT2D eigenvalue weighted by molar-refractivity contribution is 0.340. The SMILES string of the molecule is Clc1ccc(CCCNC2CCC(c3ccc4c(c3)OCN4)CC2)cc1. The van der Waals surface area contributed by atoms with E-state index < -0.39 is 0 Å². The molecule has 2 N–H and O–H groups in total. The lowest BCUT2D eigenvalue weighted by Crippen LogP contribution is -2.33. The third-order valence-corrected chi connectivity index (χ3v) is 5.94. The first-order valence-electron chi connectivity index (χ1n) is 9.76. The summed E-state index contributed by atoms with van der Waals surface area (Å²) in [5, 5.41) is 7.81. The quantitative estimate of drug-likeness (QED) is 0.672. The third-order valence-electron chi connectivity index (χ3n) is 5.68. The Morgan fingerprint density at radius 2 is 1.85 bits per heavy atom. The molecule has 1 aliphatic carbocycles. The molecule has 4 heteroatoms. The van der Waals surface area contributed by atoms with E-state index in [1.54, 1.807) is 0 Å². The summed E-state index contributed by atoms with van der Waals surface area (Å²) < 4.78 is 5.63. The molecule has 138 valence electrons. The van der Waals surface area contributed by atoms with Crippen LogP contribution in [0.15, 0.2) is 42.5 Å². The van der Waals surface area contributed by atoms with Gasteiger partial charge in [0.1, 0.15) is 5.75 Å². The predicted molar refractivity (Wildman–Crippen MR) is 108 cm³/mol. The van der Waals surface area contributed by atoms with Crippen LogP contribution in [0.5, 0.6) is 5.75 Å². The highest BCUT2D eigenvalue weighted by Crippen LogP contribution is 2.38. The van der Waals surface area contributed by atoms with Gasteiger partial charge < -0.3 is 15.4 Å². The van der Waals surface area contributed by atoms with E-state index in [1.807, 2.05) is 12.1 Å². The summed E-state index contributed by atoms with van der Waals surface area (Å²) in [7, 11) is 0. The van der Waals surface area contributed by atoms with Crippen LogP contribution in [0.3, 0.4) is 0 Å². The standard InChI is InChI=1S/C22H27ClN2O/c23-19-8-3-16(4-9-19)2-1-13-24-20-10-5-17(6-11-20)18-7-12-21-22(14-18)26-15-25-21/h3-4,7-9,12,14,17,20,24-25H,1-2,5-6,10-11,13,15H2. The summed E-state index contributed by atoms with van der Waals surface area (Å²) >= 11 is 5.94. The molecule has 0 atom stereocenters. The van der Waals surface area contributed by atoms with E-state index in [4.69, 9.17) is 16.3 Å². The molecular formula is C22H27ClN2O. The first-order valence-corrected chi connectivity index (χ1v) is 10.1. The molecular weight excluding hydrogens is 344 g/mol.